The van der Waals surface area contributed by atoms with E-state index in [-0.39, 0.29) is 0 Å². The number of nitrogens with one attached hydrogen (secondary N) is 1. The first-order valence-electron chi connectivity index (χ1n) is 5.69. The average Bonchev–Trinajstić information content (AvgIpc) is 2.31. The van der Waals surface area contributed by atoms with Gasteiger partial charge in [-0.05, 0) is 24.6 Å². The normalized spacial score (nSPS) is 22.1. The van der Waals surface area contributed by atoms with Crippen molar-refractivity contribution >= 4 is 0 Å². The maximum atomic E-state index is 5.65. The number of hydrogen-bond acceptors (Lipinski definition) is 2. The molecule has 0 amide bonds. The van der Waals surface area contributed by atoms with Crippen LogP contribution in [-0.4, -0.2) is 19.7 Å². The Morgan fingerprint density at radius 2 is 2.27 bits per heavy atom. The Bertz CT molecular complexity index is 320. The van der Waals surface area contributed by atoms with Crippen LogP contribution in [0.4, 0.5) is 0 Å². The van der Waals surface area contributed by atoms with Gasteiger partial charge in [0.15, 0.2) is 0 Å². The van der Waals surface area contributed by atoms with Crippen molar-refractivity contribution in [1.82, 2.24) is 5.32 Å². The molecule has 0 fully saturated rings. The fourth-order valence-electron chi connectivity index (χ4n) is 2.44. The first kappa shape index (κ1) is 10.7. The smallest absolute Gasteiger partial charge is 0.0719 e. The number of ether oxygens (including phenoxy) is 1. The Balaban J connectivity index is 2.28. The summed E-state index contributed by atoms with van der Waals surface area (Å²) in [5, 5.41) is 3.38. The molecule has 1 aliphatic heterocycles. The number of hydrogen-bond donors (Lipinski definition) is 1. The van der Waals surface area contributed by atoms with E-state index < -0.39 is 0 Å². The molecule has 82 valence electrons. The second kappa shape index (κ2) is 4.77. The molecular weight excluding hydrogens is 186 g/mol. The molecule has 2 rings (SSSR count). The predicted molar refractivity (Wildman–Crippen MR) is 62.0 cm³/mol. The monoisotopic (exact) mass is 205 g/mol. The maximum absolute atomic E-state index is 5.65. The molecule has 0 radical (unpaired) electrons. The largest absolute Gasteiger partial charge is 0.376 e. The van der Waals surface area contributed by atoms with Crippen molar-refractivity contribution in [3.63, 3.8) is 0 Å². The van der Waals surface area contributed by atoms with Crippen LogP contribution < -0.4 is 5.32 Å². The number of fused-ring (bicyclic) bond motifs is 1. The molecular formula is C13H19NO. The van der Waals surface area contributed by atoms with Crippen molar-refractivity contribution in [1.29, 1.82) is 0 Å². The first-order valence-corrected chi connectivity index (χ1v) is 5.69. The third-order valence-corrected chi connectivity index (χ3v) is 3.31. The van der Waals surface area contributed by atoms with Crippen molar-refractivity contribution in [2.45, 2.75) is 31.9 Å². The quantitative estimate of drug-likeness (QED) is 0.817. The summed E-state index contributed by atoms with van der Waals surface area (Å²) in [4.78, 5) is 0. The second-order valence-electron chi connectivity index (χ2n) is 4.12. The summed E-state index contributed by atoms with van der Waals surface area (Å²) >= 11 is 0. The second-order valence-corrected chi connectivity index (χ2v) is 4.12. The molecule has 2 heteroatoms. The van der Waals surface area contributed by atoms with Gasteiger partial charge in [0.25, 0.3) is 0 Å². The molecule has 1 heterocycles. The zero-order chi connectivity index (χ0) is 10.7. The fraction of sp³-hybridized carbons (Fsp3) is 0.538. The molecule has 1 aromatic carbocycles. The van der Waals surface area contributed by atoms with E-state index in [0.717, 1.165) is 19.6 Å². The lowest BCUT2D eigenvalue weighted by atomic mass is 9.86. The SMILES string of the molecule is CCC(NC)C1COCc2ccccc21. The standard InChI is InChI=1S/C13H19NO/c1-3-13(14-2)12-9-15-8-10-6-4-5-7-11(10)12/h4-7,12-14H,3,8-9H2,1-2H3. The summed E-state index contributed by atoms with van der Waals surface area (Å²) in [6, 6.07) is 9.14. The number of rotatable bonds is 3. The zero-order valence-electron chi connectivity index (χ0n) is 9.49. The van der Waals surface area contributed by atoms with Crippen LogP contribution in [0.15, 0.2) is 24.3 Å². The molecule has 1 aromatic rings. The van der Waals surface area contributed by atoms with Gasteiger partial charge in [-0.2, -0.15) is 0 Å². The van der Waals surface area contributed by atoms with Crippen LogP contribution in [0.25, 0.3) is 0 Å². The minimum absolute atomic E-state index is 0.505. The molecule has 1 aliphatic rings. The Morgan fingerprint density at radius 3 is 3.00 bits per heavy atom. The van der Waals surface area contributed by atoms with Crippen molar-refractivity contribution in [2.24, 2.45) is 0 Å². The molecule has 0 aliphatic carbocycles. The maximum Gasteiger partial charge on any atom is 0.0719 e. The van der Waals surface area contributed by atoms with Gasteiger partial charge >= 0.3 is 0 Å². The molecule has 0 bridgehead atoms. The van der Waals surface area contributed by atoms with Crippen molar-refractivity contribution in [3.8, 4) is 0 Å². The first-order chi connectivity index (χ1) is 7.36. The van der Waals surface area contributed by atoms with E-state index in [1.54, 1.807) is 0 Å². The van der Waals surface area contributed by atoms with Crippen LogP contribution in [0.3, 0.4) is 0 Å². The number of likely N-dealkylation sites (N-methyl/N-ethyl adjacent to an activating group) is 1. The van der Waals surface area contributed by atoms with Crippen LogP contribution in [0.2, 0.25) is 0 Å². The Kier molecular flexibility index (Phi) is 3.39. The van der Waals surface area contributed by atoms with E-state index in [0.29, 0.717) is 12.0 Å². The summed E-state index contributed by atoms with van der Waals surface area (Å²) in [5.41, 5.74) is 2.81. The highest BCUT2D eigenvalue weighted by atomic mass is 16.5. The minimum atomic E-state index is 0.505. The predicted octanol–water partition coefficient (Wildman–Crippen LogP) is 2.30. The summed E-state index contributed by atoms with van der Waals surface area (Å²) in [7, 11) is 2.03. The van der Waals surface area contributed by atoms with Gasteiger partial charge in [-0.25, -0.2) is 0 Å². The van der Waals surface area contributed by atoms with Crippen LogP contribution in [0.5, 0.6) is 0 Å². The highest BCUT2D eigenvalue weighted by Gasteiger charge is 2.25. The van der Waals surface area contributed by atoms with E-state index in [9.17, 15) is 0 Å². The van der Waals surface area contributed by atoms with Gasteiger partial charge < -0.3 is 10.1 Å². The lowest BCUT2D eigenvalue weighted by Gasteiger charge is -2.31. The van der Waals surface area contributed by atoms with Crippen LogP contribution in [0.1, 0.15) is 30.4 Å². The summed E-state index contributed by atoms with van der Waals surface area (Å²) in [6.45, 7) is 3.83. The van der Waals surface area contributed by atoms with E-state index in [2.05, 4.69) is 36.5 Å². The van der Waals surface area contributed by atoms with Crippen molar-refractivity contribution in [2.75, 3.05) is 13.7 Å². The van der Waals surface area contributed by atoms with Gasteiger partial charge in [0, 0.05) is 12.0 Å². The van der Waals surface area contributed by atoms with Gasteiger partial charge in [-0.1, -0.05) is 31.2 Å². The molecule has 0 saturated heterocycles. The molecule has 0 aromatic heterocycles. The third kappa shape index (κ3) is 2.06. The third-order valence-electron chi connectivity index (χ3n) is 3.31. The van der Waals surface area contributed by atoms with Gasteiger partial charge in [0.1, 0.15) is 0 Å². The number of benzene rings is 1. The van der Waals surface area contributed by atoms with Gasteiger partial charge in [0.2, 0.25) is 0 Å². The van der Waals surface area contributed by atoms with Gasteiger partial charge in [-0.3, -0.25) is 0 Å². The minimum Gasteiger partial charge on any atom is -0.376 e. The van der Waals surface area contributed by atoms with E-state index in [1.165, 1.54) is 11.1 Å². The fourth-order valence-corrected chi connectivity index (χ4v) is 2.44. The molecule has 2 unspecified atom stereocenters. The molecule has 0 saturated carbocycles. The van der Waals surface area contributed by atoms with E-state index in [4.69, 9.17) is 4.74 Å². The van der Waals surface area contributed by atoms with Crippen molar-refractivity contribution < 1.29 is 4.74 Å². The van der Waals surface area contributed by atoms with E-state index in [1.807, 2.05) is 7.05 Å². The molecule has 0 spiro atoms. The Hall–Kier alpha value is -0.860. The molecule has 2 atom stereocenters. The van der Waals surface area contributed by atoms with Gasteiger partial charge in [0.05, 0.1) is 13.2 Å². The average molecular weight is 205 g/mol. The summed E-state index contributed by atoms with van der Waals surface area (Å²) < 4.78 is 5.65. The summed E-state index contributed by atoms with van der Waals surface area (Å²) in [5.74, 6) is 0.505. The van der Waals surface area contributed by atoms with Crippen LogP contribution in [0, 0.1) is 0 Å². The highest BCUT2D eigenvalue weighted by Crippen LogP contribution is 2.29. The van der Waals surface area contributed by atoms with Crippen LogP contribution in [-0.2, 0) is 11.3 Å². The molecule has 15 heavy (non-hydrogen) atoms. The van der Waals surface area contributed by atoms with Crippen molar-refractivity contribution in [3.05, 3.63) is 35.4 Å². The van der Waals surface area contributed by atoms with Gasteiger partial charge in [-0.15, -0.1) is 0 Å². The lowest BCUT2D eigenvalue weighted by Crippen LogP contribution is -2.36. The zero-order valence-corrected chi connectivity index (χ0v) is 9.49. The van der Waals surface area contributed by atoms with E-state index >= 15 is 0 Å². The lowest BCUT2D eigenvalue weighted by molar-refractivity contribution is 0.0806. The van der Waals surface area contributed by atoms with Crippen LogP contribution >= 0.6 is 0 Å². The molecule has 1 N–H and O–H groups in total. The Morgan fingerprint density at radius 1 is 1.47 bits per heavy atom. The Labute approximate surface area is 91.6 Å². The highest BCUT2D eigenvalue weighted by molar-refractivity contribution is 5.32. The molecule has 2 nitrogen and oxygen atoms in total. The summed E-state index contributed by atoms with van der Waals surface area (Å²) in [6.07, 6.45) is 1.14. The topological polar surface area (TPSA) is 21.3 Å².